The van der Waals surface area contributed by atoms with Crippen LogP contribution < -0.4 is 5.32 Å². The molecule has 0 bridgehead atoms. The van der Waals surface area contributed by atoms with Gasteiger partial charge in [0.15, 0.2) is 0 Å². The molecule has 3 rings (SSSR count). The van der Waals surface area contributed by atoms with Crippen LogP contribution in [0.3, 0.4) is 0 Å². The molecule has 2 amide bonds. The molecule has 7 heteroatoms. The Kier molecular flexibility index (Phi) is 6.68. The summed E-state index contributed by atoms with van der Waals surface area (Å²) in [6.45, 7) is 3.57. The standard InChI is InChI=1S/C21H25FN4O2/c1-15-23-13-18(14-24-15)21(28)26-10-8-16(9-11-26)4-7-20(27)25-12-17-2-5-19(22)6-3-17/h2-3,5-6,13-14,16H,4,7-12H2,1H3,(H,25,27). The van der Waals surface area contributed by atoms with Crippen molar-refractivity contribution in [2.24, 2.45) is 5.92 Å². The molecule has 1 aliphatic rings. The van der Waals surface area contributed by atoms with Crippen LogP contribution in [0.25, 0.3) is 0 Å². The van der Waals surface area contributed by atoms with Gasteiger partial charge in [-0.15, -0.1) is 0 Å². The first-order valence-corrected chi connectivity index (χ1v) is 9.60. The molecule has 0 spiro atoms. The van der Waals surface area contributed by atoms with E-state index in [1.54, 1.807) is 31.5 Å². The molecular weight excluding hydrogens is 359 g/mol. The average Bonchev–Trinajstić information content (AvgIpc) is 2.72. The third-order valence-electron chi connectivity index (χ3n) is 5.11. The van der Waals surface area contributed by atoms with E-state index in [-0.39, 0.29) is 17.6 Å². The Balaban J connectivity index is 1.37. The number of hydrogen-bond acceptors (Lipinski definition) is 4. The van der Waals surface area contributed by atoms with Crippen LogP contribution in [0.2, 0.25) is 0 Å². The highest BCUT2D eigenvalue weighted by Gasteiger charge is 2.24. The van der Waals surface area contributed by atoms with Crippen LogP contribution in [0.1, 0.15) is 47.4 Å². The molecule has 1 aromatic carbocycles. The SMILES string of the molecule is Cc1ncc(C(=O)N2CCC(CCC(=O)NCc3ccc(F)cc3)CC2)cn1. The van der Waals surface area contributed by atoms with Crippen molar-refractivity contribution in [3.63, 3.8) is 0 Å². The number of aromatic nitrogens is 2. The smallest absolute Gasteiger partial charge is 0.256 e. The number of hydrogen-bond donors (Lipinski definition) is 1. The lowest BCUT2D eigenvalue weighted by Crippen LogP contribution is -2.38. The highest BCUT2D eigenvalue weighted by molar-refractivity contribution is 5.93. The molecule has 1 saturated heterocycles. The summed E-state index contributed by atoms with van der Waals surface area (Å²) in [5.74, 6) is 0.771. The van der Waals surface area contributed by atoms with Crippen molar-refractivity contribution < 1.29 is 14.0 Å². The topological polar surface area (TPSA) is 75.2 Å². The number of carbonyl (C=O) groups is 2. The minimum Gasteiger partial charge on any atom is -0.352 e. The van der Waals surface area contributed by atoms with Gasteiger partial charge in [-0.25, -0.2) is 14.4 Å². The molecule has 0 radical (unpaired) electrons. The van der Waals surface area contributed by atoms with Crippen molar-refractivity contribution >= 4 is 11.8 Å². The highest BCUT2D eigenvalue weighted by Crippen LogP contribution is 2.23. The number of aryl methyl sites for hydroxylation is 1. The van der Waals surface area contributed by atoms with E-state index < -0.39 is 0 Å². The van der Waals surface area contributed by atoms with Crippen molar-refractivity contribution in [3.8, 4) is 0 Å². The van der Waals surface area contributed by atoms with Gasteiger partial charge < -0.3 is 10.2 Å². The van der Waals surface area contributed by atoms with Crippen LogP contribution in [0.4, 0.5) is 4.39 Å². The molecule has 0 aliphatic carbocycles. The number of piperidine rings is 1. The summed E-state index contributed by atoms with van der Waals surface area (Å²) in [6.07, 6.45) is 6.20. The van der Waals surface area contributed by atoms with Crippen molar-refractivity contribution in [3.05, 3.63) is 59.4 Å². The zero-order chi connectivity index (χ0) is 19.9. The quantitative estimate of drug-likeness (QED) is 0.831. The Morgan fingerprint density at radius 3 is 2.43 bits per heavy atom. The van der Waals surface area contributed by atoms with Gasteiger partial charge in [0.1, 0.15) is 11.6 Å². The summed E-state index contributed by atoms with van der Waals surface area (Å²) < 4.78 is 12.9. The molecule has 1 fully saturated rings. The molecule has 1 aromatic heterocycles. The lowest BCUT2D eigenvalue weighted by molar-refractivity contribution is -0.121. The maximum atomic E-state index is 12.9. The number of nitrogens with one attached hydrogen (secondary N) is 1. The fourth-order valence-corrected chi connectivity index (χ4v) is 3.34. The predicted molar refractivity (Wildman–Crippen MR) is 103 cm³/mol. The van der Waals surface area contributed by atoms with Crippen molar-refractivity contribution in [2.45, 2.75) is 39.2 Å². The molecule has 1 aliphatic heterocycles. The molecule has 2 heterocycles. The summed E-state index contributed by atoms with van der Waals surface area (Å²) >= 11 is 0. The van der Waals surface area contributed by atoms with Crippen LogP contribution in [0.15, 0.2) is 36.7 Å². The summed E-state index contributed by atoms with van der Waals surface area (Å²) in [5, 5.41) is 2.87. The van der Waals surface area contributed by atoms with E-state index in [2.05, 4.69) is 15.3 Å². The molecule has 1 N–H and O–H groups in total. The van der Waals surface area contributed by atoms with Gasteiger partial charge in [0, 0.05) is 38.4 Å². The fraction of sp³-hybridized carbons (Fsp3) is 0.429. The van der Waals surface area contributed by atoms with Crippen molar-refractivity contribution in [1.82, 2.24) is 20.2 Å². The first kappa shape index (κ1) is 19.9. The third kappa shape index (κ3) is 5.58. The Morgan fingerprint density at radius 1 is 1.14 bits per heavy atom. The van der Waals surface area contributed by atoms with E-state index >= 15 is 0 Å². The molecule has 0 saturated carbocycles. The lowest BCUT2D eigenvalue weighted by Gasteiger charge is -2.32. The Hall–Kier alpha value is -2.83. The molecule has 148 valence electrons. The fourth-order valence-electron chi connectivity index (χ4n) is 3.34. The predicted octanol–water partition coefficient (Wildman–Crippen LogP) is 2.87. The second-order valence-electron chi connectivity index (χ2n) is 7.20. The molecule has 28 heavy (non-hydrogen) atoms. The Labute approximate surface area is 164 Å². The number of benzene rings is 1. The Bertz CT molecular complexity index is 800. The van der Waals surface area contributed by atoms with Gasteiger partial charge >= 0.3 is 0 Å². The van der Waals surface area contributed by atoms with Gasteiger partial charge in [-0.3, -0.25) is 9.59 Å². The van der Waals surface area contributed by atoms with Gasteiger partial charge in [0.2, 0.25) is 5.91 Å². The normalized spacial score (nSPS) is 14.7. The zero-order valence-electron chi connectivity index (χ0n) is 16.0. The van der Waals surface area contributed by atoms with Crippen LogP contribution in [0.5, 0.6) is 0 Å². The van der Waals surface area contributed by atoms with E-state index in [1.165, 1.54) is 12.1 Å². The third-order valence-corrected chi connectivity index (χ3v) is 5.11. The number of carbonyl (C=O) groups excluding carboxylic acids is 2. The summed E-state index contributed by atoms with van der Waals surface area (Å²) in [4.78, 5) is 34.5. The number of likely N-dealkylation sites (tertiary alicyclic amines) is 1. The first-order valence-electron chi connectivity index (χ1n) is 9.60. The van der Waals surface area contributed by atoms with E-state index in [1.807, 2.05) is 4.90 Å². The second kappa shape index (κ2) is 9.39. The molecule has 0 atom stereocenters. The second-order valence-corrected chi connectivity index (χ2v) is 7.20. The van der Waals surface area contributed by atoms with Gasteiger partial charge in [0.25, 0.3) is 5.91 Å². The maximum absolute atomic E-state index is 12.9. The maximum Gasteiger partial charge on any atom is 0.256 e. The number of rotatable bonds is 6. The van der Waals surface area contributed by atoms with E-state index in [0.29, 0.717) is 43.4 Å². The van der Waals surface area contributed by atoms with E-state index in [9.17, 15) is 14.0 Å². The summed E-state index contributed by atoms with van der Waals surface area (Å²) in [6, 6.07) is 6.11. The first-order chi connectivity index (χ1) is 13.5. The Morgan fingerprint density at radius 2 is 1.79 bits per heavy atom. The van der Waals surface area contributed by atoms with Gasteiger partial charge in [-0.2, -0.15) is 0 Å². The van der Waals surface area contributed by atoms with Crippen LogP contribution in [0, 0.1) is 18.7 Å². The zero-order valence-corrected chi connectivity index (χ0v) is 16.0. The van der Waals surface area contributed by atoms with Gasteiger partial charge in [0.05, 0.1) is 5.56 Å². The lowest BCUT2D eigenvalue weighted by atomic mass is 9.92. The summed E-state index contributed by atoms with van der Waals surface area (Å²) in [7, 11) is 0. The number of nitrogens with zero attached hydrogens (tertiary/aromatic N) is 3. The van der Waals surface area contributed by atoms with Gasteiger partial charge in [-0.05, 0) is 49.8 Å². The molecule has 0 unspecified atom stereocenters. The van der Waals surface area contributed by atoms with Crippen molar-refractivity contribution in [1.29, 1.82) is 0 Å². The van der Waals surface area contributed by atoms with Crippen LogP contribution >= 0.6 is 0 Å². The number of amides is 2. The van der Waals surface area contributed by atoms with E-state index in [0.717, 1.165) is 24.8 Å². The largest absolute Gasteiger partial charge is 0.352 e. The molecule has 6 nitrogen and oxygen atoms in total. The average molecular weight is 384 g/mol. The van der Waals surface area contributed by atoms with Crippen LogP contribution in [-0.4, -0.2) is 39.8 Å². The van der Waals surface area contributed by atoms with Crippen LogP contribution in [-0.2, 0) is 11.3 Å². The monoisotopic (exact) mass is 384 g/mol. The molecule has 2 aromatic rings. The van der Waals surface area contributed by atoms with Crippen molar-refractivity contribution in [2.75, 3.05) is 13.1 Å². The van der Waals surface area contributed by atoms with E-state index in [4.69, 9.17) is 0 Å². The minimum atomic E-state index is -0.283. The number of halogens is 1. The van der Waals surface area contributed by atoms with Gasteiger partial charge in [-0.1, -0.05) is 12.1 Å². The molecular formula is C21H25FN4O2. The summed E-state index contributed by atoms with van der Waals surface area (Å²) in [5.41, 5.74) is 1.39. The minimum absolute atomic E-state index is 0.000338. The highest BCUT2D eigenvalue weighted by atomic mass is 19.1.